The molecule has 4 nitrogen and oxygen atoms in total. The van der Waals surface area contributed by atoms with Crippen molar-refractivity contribution in [1.29, 1.82) is 0 Å². The maximum absolute atomic E-state index is 9.93. The van der Waals surface area contributed by atoms with Gasteiger partial charge in [0, 0.05) is 12.6 Å². The van der Waals surface area contributed by atoms with Gasteiger partial charge >= 0.3 is 0 Å². The lowest BCUT2D eigenvalue weighted by Crippen LogP contribution is -2.37. The summed E-state index contributed by atoms with van der Waals surface area (Å²) in [5, 5.41) is 13.2. The fraction of sp³-hybridized carbons (Fsp3) is 0.625. The Morgan fingerprint density at radius 3 is 2.40 bits per heavy atom. The number of rotatable bonds is 9. The fourth-order valence-electron chi connectivity index (χ4n) is 2.11. The summed E-state index contributed by atoms with van der Waals surface area (Å²) < 4.78 is 10.8. The summed E-state index contributed by atoms with van der Waals surface area (Å²) in [7, 11) is 1.60. The van der Waals surface area contributed by atoms with Crippen LogP contribution in [0, 0.1) is 5.92 Å². The van der Waals surface area contributed by atoms with Gasteiger partial charge in [-0.05, 0) is 31.4 Å². The van der Waals surface area contributed by atoms with Crippen LogP contribution in [0.25, 0.3) is 0 Å². The van der Waals surface area contributed by atoms with Crippen LogP contribution in [0.5, 0.6) is 11.5 Å². The second kappa shape index (κ2) is 8.82. The van der Waals surface area contributed by atoms with E-state index in [2.05, 4.69) is 26.1 Å². The van der Waals surface area contributed by atoms with Gasteiger partial charge in [-0.2, -0.15) is 0 Å². The summed E-state index contributed by atoms with van der Waals surface area (Å²) in [5.74, 6) is 1.99. The zero-order valence-electron chi connectivity index (χ0n) is 12.9. The lowest BCUT2D eigenvalue weighted by Gasteiger charge is -2.19. The molecule has 1 rings (SSSR count). The van der Waals surface area contributed by atoms with E-state index >= 15 is 0 Å². The van der Waals surface area contributed by atoms with Crippen LogP contribution in [0.2, 0.25) is 0 Å². The third-order valence-corrected chi connectivity index (χ3v) is 3.03. The molecule has 0 amide bonds. The van der Waals surface area contributed by atoms with E-state index in [1.165, 1.54) is 0 Å². The first-order chi connectivity index (χ1) is 9.52. The number of benzene rings is 1. The number of methoxy groups -OCH3 is 1. The van der Waals surface area contributed by atoms with Gasteiger partial charge in [-0.1, -0.05) is 26.0 Å². The highest BCUT2D eigenvalue weighted by molar-refractivity contribution is 5.39. The predicted molar refractivity (Wildman–Crippen MR) is 81.4 cm³/mol. The molecule has 2 unspecified atom stereocenters. The van der Waals surface area contributed by atoms with Gasteiger partial charge < -0.3 is 19.9 Å². The van der Waals surface area contributed by atoms with Gasteiger partial charge in [0.05, 0.1) is 7.11 Å². The average Bonchev–Trinajstić information content (AvgIpc) is 2.42. The third-order valence-electron chi connectivity index (χ3n) is 3.03. The minimum atomic E-state index is -0.533. The van der Waals surface area contributed by atoms with E-state index in [1.807, 2.05) is 24.3 Å². The van der Waals surface area contributed by atoms with Crippen molar-refractivity contribution < 1.29 is 14.6 Å². The smallest absolute Gasteiger partial charge is 0.161 e. The van der Waals surface area contributed by atoms with Crippen molar-refractivity contribution in [3.8, 4) is 11.5 Å². The largest absolute Gasteiger partial charge is 0.493 e. The van der Waals surface area contributed by atoms with E-state index in [4.69, 9.17) is 9.47 Å². The number of hydrogen-bond acceptors (Lipinski definition) is 4. The van der Waals surface area contributed by atoms with E-state index in [9.17, 15) is 5.11 Å². The first-order valence-electron chi connectivity index (χ1n) is 7.20. The van der Waals surface area contributed by atoms with Gasteiger partial charge in [-0.15, -0.1) is 0 Å². The zero-order chi connectivity index (χ0) is 15.0. The van der Waals surface area contributed by atoms with Crippen LogP contribution in [0.4, 0.5) is 0 Å². The zero-order valence-corrected chi connectivity index (χ0v) is 12.9. The molecular weight excluding hydrogens is 254 g/mol. The van der Waals surface area contributed by atoms with E-state index in [0.717, 1.165) is 6.42 Å². The van der Waals surface area contributed by atoms with Gasteiger partial charge in [-0.25, -0.2) is 0 Å². The van der Waals surface area contributed by atoms with Crippen molar-refractivity contribution in [2.75, 3.05) is 20.3 Å². The van der Waals surface area contributed by atoms with Crippen LogP contribution < -0.4 is 14.8 Å². The molecule has 1 aromatic carbocycles. The Kier molecular flexibility index (Phi) is 7.41. The highest BCUT2D eigenvalue weighted by Gasteiger charge is 2.10. The summed E-state index contributed by atoms with van der Waals surface area (Å²) in [4.78, 5) is 0. The Bertz CT molecular complexity index is 382. The standard InChI is InChI=1S/C16H27NO3/c1-12(2)9-13(3)17-10-14(18)11-20-16-8-6-5-7-15(16)19-4/h5-8,12-14,17-18H,9-11H2,1-4H3. The molecule has 0 bridgehead atoms. The molecule has 2 N–H and O–H groups in total. The average molecular weight is 281 g/mol. The maximum Gasteiger partial charge on any atom is 0.161 e. The van der Waals surface area contributed by atoms with Crippen molar-refractivity contribution in [3.63, 3.8) is 0 Å². The second-order valence-corrected chi connectivity index (χ2v) is 5.55. The summed E-state index contributed by atoms with van der Waals surface area (Å²) >= 11 is 0. The van der Waals surface area contributed by atoms with Crippen molar-refractivity contribution >= 4 is 0 Å². The summed E-state index contributed by atoms with van der Waals surface area (Å²) in [6, 6.07) is 7.84. The van der Waals surface area contributed by atoms with E-state index in [0.29, 0.717) is 30.0 Å². The van der Waals surface area contributed by atoms with Gasteiger partial charge in [0.25, 0.3) is 0 Å². The lowest BCUT2D eigenvalue weighted by molar-refractivity contribution is 0.102. The normalized spacial score (nSPS) is 14.1. The number of para-hydroxylation sites is 2. The van der Waals surface area contributed by atoms with E-state index < -0.39 is 6.10 Å². The van der Waals surface area contributed by atoms with Crippen LogP contribution >= 0.6 is 0 Å². The Morgan fingerprint density at radius 1 is 1.15 bits per heavy atom. The Labute approximate surface area is 122 Å². The molecule has 114 valence electrons. The monoisotopic (exact) mass is 281 g/mol. The maximum atomic E-state index is 9.93. The van der Waals surface area contributed by atoms with Crippen LogP contribution in [0.3, 0.4) is 0 Å². The van der Waals surface area contributed by atoms with Gasteiger partial charge in [0.15, 0.2) is 11.5 Å². The van der Waals surface area contributed by atoms with Crippen molar-refractivity contribution in [1.82, 2.24) is 5.32 Å². The number of aliphatic hydroxyl groups is 1. The molecule has 1 aromatic rings. The molecule has 0 heterocycles. The Morgan fingerprint density at radius 2 is 1.80 bits per heavy atom. The van der Waals surface area contributed by atoms with Gasteiger partial charge in [0.1, 0.15) is 12.7 Å². The molecule has 0 aliphatic carbocycles. The SMILES string of the molecule is COc1ccccc1OCC(O)CNC(C)CC(C)C. The molecule has 0 aliphatic heterocycles. The van der Waals surface area contributed by atoms with Crippen molar-refractivity contribution in [2.24, 2.45) is 5.92 Å². The lowest BCUT2D eigenvalue weighted by atomic mass is 10.1. The number of nitrogens with one attached hydrogen (secondary N) is 1. The molecular formula is C16H27NO3. The van der Waals surface area contributed by atoms with Crippen molar-refractivity contribution in [2.45, 2.75) is 39.3 Å². The molecule has 0 fully saturated rings. The highest BCUT2D eigenvalue weighted by Crippen LogP contribution is 2.25. The molecule has 0 aliphatic rings. The summed E-state index contributed by atoms with van der Waals surface area (Å²) in [6.07, 6.45) is 0.564. The molecule has 0 spiro atoms. The first kappa shape index (κ1) is 16.8. The quantitative estimate of drug-likeness (QED) is 0.730. The molecule has 20 heavy (non-hydrogen) atoms. The molecule has 0 saturated carbocycles. The second-order valence-electron chi connectivity index (χ2n) is 5.55. The minimum Gasteiger partial charge on any atom is -0.493 e. The Balaban J connectivity index is 2.31. The molecule has 0 radical (unpaired) electrons. The summed E-state index contributed by atoms with van der Waals surface area (Å²) in [6.45, 7) is 7.30. The van der Waals surface area contributed by atoms with Crippen LogP contribution in [0.15, 0.2) is 24.3 Å². The number of aliphatic hydroxyl groups excluding tert-OH is 1. The van der Waals surface area contributed by atoms with Gasteiger partial charge in [-0.3, -0.25) is 0 Å². The predicted octanol–water partition coefficient (Wildman–Crippen LogP) is 2.46. The highest BCUT2D eigenvalue weighted by atomic mass is 16.5. The Hall–Kier alpha value is -1.26. The topological polar surface area (TPSA) is 50.7 Å². The molecule has 0 saturated heterocycles. The first-order valence-corrected chi connectivity index (χ1v) is 7.20. The molecule has 4 heteroatoms. The third kappa shape index (κ3) is 6.26. The number of ether oxygens (including phenoxy) is 2. The van der Waals surface area contributed by atoms with Crippen LogP contribution in [0.1, 0.15) is 27.2 Å². The minimum absolute atomic E-state index is 0.252. The molecule has 2 atom stereocenters. The molecule has 0 aromatic heterocycles. The fourth-order valence-corrected chi connectivity index (χ4v) is 2.11. The number of hydrogen-bond donors (Lipinski definition) is 2. The van der Waals surface area contributed by atoms with E-state index in [-0.39, 0.29) is 6.61 Å². The van der Waals surface area contributed by atoms with E-state index in [1.54, 1.807) is 7.11 Å². The van der Waals surface area contributed by atoms with Crippen LogP contribution in [-0.4, -0.2) is 37.5 Å². The summed E-state index contributed by atoms with van der Waals surface area (Å²) in [5.41, 5.74) is 0. The van der Waals surface area contributed by atoms with Crippen LogP contribution in [-0.2, 0) is 0 Å². The van der Waals surface area contributed by atoms with Gasteiger partial charge in [0.2, 0.25) is 0 Å². The van der Waals surface area contributed by atoms with Crippen molar-refractivity contribution in [3.05, 3.63) is 24.3 Å².